The predicted octanol–water partition coefficient (Wildman–Crippen LogP) is 5.51. The number of carbonyl (C=O) groups excluding carboxylic acids is 1. The molecule has 0 N–H and O–H groups in total. The molecule has 3 aromatic rings. The number of hydrogen-bond acceptors (Lipinski definition) is 4. The van der Waals surface area contributed by atoms with E-state index in [-0.39, 0.29) is 18.4 Å². The number of hydrogen-bond donors (Lipinski definition) is 0. The zero-order valence-corrected chi connectivity index (χ0v) is 17.7. The van der Waals surface area contributed by atoms with Crippen LogP contribution in [0.3, 0.4) is 0 Å². The largest absolute Gasteiger partial charge is 0.481 e. The lowest BCUT2D eigenvalue weighted by Gasteiger charge is -2.39. The number of anilines is 3. The molecule has 2 aromatic carbocycles. The Morgan fingerprint density at radius 1 is 1.07 bits per heavy atom. The Bertz CT molecular complexity index is 1140. The topological polar surface area (TPSA) is 45.7 Å². The summed E-state index contributed by atoms with van der Waals surface area (Å²) < 4.78 is 19.0. The van der Waals surface area contributed by atoms with Gasteiger partial charge in [-0.15, -0.1) is 0 Å². The maximum absolute atomic E-state index is 13.9. The Morgan fingerprint density at radius 3 is 2.50 bits per heavy atom. The van der Waals surface area contributed by atoms with Gasteiger partial charge in [0.1, 0.15) is 12.5 Å². The van der Waals surface area contributed by atoms with Crippen molar-refractivity contribution in [1.29, 1.82) is 0 Å². The van der Waals surface area contributed by atoms with Gasteiger partial charge < -0.3 is 9.64 Å². The van der Waals surface area contributed by atoms with Crippen LogP contribution in [0.4, 0.5) is 21.5 Å². The second-order valence-corrected chi connectivity index (χ2v) is 7.49. The summed E-state index contributed by atoms with van der Waals surface area (Å²) >= 11 is 6.21. The molecule has 1 aliphatic rings. The van der Waals surface area contributed by atoms with Crippen molar-refractivity contribution in [2.45, 2.75) is 20.3 Å². The lowest BCUT2D eigenvalue weighted by atomic mass is 10.0. The van der Waals surface area contributed by atoms with Crippen LogP contribution in [0.25, 0.3) is 0 Å². The molecule has 0 saturated carbocycles. The fourth-order valence-corrected chi connectivity index (χ4v) is 3.94. The van der Waals surface area contributed by atoms with Gasteiger partial charge in [0.05, 0.1) is 29.7 Å². The summed E-state index contributed by atoms with van der Waals surface area (Å²) in [7, 11) is 1.55. The van der Waals surface area contributed by atoms with Crippen molar-refractivity contribution in [3.63, 3.8) is 0 Å². The van der Waals surface area contributed by atoms with E-state index in [4.69, 9.17) is 16.3 Å². The number of fused-ring (bicyclic) bond motifs is 1. The highest BCUT2D eigenvalue weighted by atomic mass is 35.5. The van der Waals surface area contributed by atoms with Crippen molar-refractivity contribution in [2.24, 2.45) is 0 Å². The van der Waals surface area contributed by atoms with Gasteiger partial charge in [-0.1, -0.05) is 18.5 Å². The quantitative estimate of drug-likeness (QED) is 0.553. The highest BCUT2D eigenvalue weighted by molar-refractivity contribution is 6.31. The molecule has 4 rings (SSSR count). The van der Waals surface area contributed by atoms with E-state index in [1.54, 1.807) is 36.3 Å². The van der Waals surface area contributed by atoms with E-state index in [9.17, 15) is 9.18 Å². The Balaban J connectivity index is 1.88. The smallest absolute Gasteiger partial charge is 0.261 e. The second kappa shape index (κ2) is 7.95. The molecule has 154 valence electrons. The van der Waals surface area contributed by atoms with E-state index in [0.29, 0.717) is 34.3 Å². The molecular weight excluding hydrogens is 405 g/mol. The monoisotopic (exact) mass is 425 g/mol. The van der Waals surface area contributed by atoms with Crippen LogP contribution in [0.15, 0.2) is 48.5 Å². The summed E-state index contributed by atoms with van der Waals surface area (Å²) in [5.41, 5.74) is 4.27. The number of carbonyl (C=O) groups is 1. The first kappa shape index (κ1) is 20.2. The second-order valence-electron chi connectivity index (χ2n) is 7.05. The van der Waals surface area contributed by atoms with E-state index < -0.39 is 0 Å². The molecule has 0 atom stereocenters. The van der Waals surface area contributed by atoms with Crippen LogP contribution >= 0.6 is 11.6 Å². The highest BCUT2D eigenvalue weighted by Gasteiger charge is 2.33. The molecule has 1 aromatic heterocycles. The molecule has 30 heavy (non-hydrogen) atoms. The van der Waals surface area contributed by atoms with Gasteiger partial charge in [-0.2, -0.15) is 0 Å². The fraction of sp³-hybridized carbons (Fsp3) is 0.217. The molecule has 0 aliphatic carbocycles. The maximum Gasteiger partial charge on any atom is 0.261 e. The lowest BCUT2D eigenvalue weighted by molar-refractivity contribution is 0.0983. The number of benzene rings is 2. The number of amides is 1. The van der Waals surface area contributed by atoms with Gasteiger partial charge in [0.2, 0.25) is 5.88 Å². The van der Waals surface area contributed by atoms with E-state index in [1.165, 1.54) is 12.1 Å². The molecule has 1 amide bonds. The average molecular weight is 426 g/mol. The van der Waals surface area contributed by atoms with Crippen molar-refractivity contribution in [2.75, 3.05) is 23.6 Å². The zero-order valence-electron chi connectivity index (χ0n) is 16.9. The van der Waals surface area contributed by atoms with Gasteiger partial charge >= 0.3 is 0 Å². The SMILES string of the molecule is CCc1cc(F)ccc1N1CN(c2ccc(OC)nc2C)C(=O)c2cc(Cl)ccc21. The number of nitrogens with zero attached hydrogens (tertiary/aromatic N) is 3. The molecule has 5 nitrogen and oxygen atoms in total. The van der Waals surface area contributed by atoms with E-state index in [0.717, 1.165) is 16.9 Å². The Kier molecular flexibility index (Phi) is 5.35. The Morgan fingerprint density at radius 2 is 1.80 bits per heavy atom. The van der Waals surface area contributed by atoms with Crippen LogP contribution < -0.4 is 14.5 Å². The van der Waals surface area contributed by atoms with Crippen molar-refractivity contribution in [1.82, 2.24) is 4.98 Å². The number of pyridine rings is 1. The van der Waals surface area contributed by atoms with Crippen molar-refractivity contribution in [3.8, 4) is 5.88 Å². The Labute approximate surface area is 179 Å². The molecule has 0 spiro atoms. The molecule has 7 heteroatoms. The molecule has 0 bridgehead atoms. The van der Waals surface area contributed by atoms with E-state index in [2.05, 4.69) is 4.98 Å². The van der Waals surface area contributed by atoms with Gasteiger partial charge in [0, 0.05) is 16.8 Å². The predicted molar refractivity (Wildman–Crippen MR) is 117 cm³/mol. The number of methoxy groups -OCH3 is 1. The van der Waals surface area contributed by atoms with Gasteiger partial charge in [0.15, 0.2) is 0 Å². The van der Waals surface area contributed by atoms with Crippen LogP contribution in [0.1, 0.15) is 28.5 Å². The van der Waals surface area contributed by atoms with Gasteiger partial charge in [-0.25, -0.2) is 9.37 Å². The molecule has 0 unspecified atom stereocenters. The third-order valence-corrected chi connectivity index (χ3v) is 5.49. The van der Waals surface area contributed by atoms with Crippen LogP contribution in [-0.2, 0) is 6.42 Å². The fourth-order valence-electron chi connectivity index (χ4n) is 3.76. The molecule has 1 aliphatic heterocycles. The number of rotatable bonds is 4. The first-order valence-corrected chi connectivity index (χ1v) is 9.99. The van der Waals surface area contributed by atoms with Crippen LogP contribution in [0.5, 0.6) is 5.88 Å². The normalized spacial score (nSPS) is 13.4. The van der Waals surface area contributed by atoms with E-state index >= 15 is 0 Å². The van der Waals surface area contributed by atoms with Gasteiger partial charge in [-0.3, -0.25) is 9.69 Å². The number of aryl methyl sites for hydroxylation is 2. The lowest BCUT2D eigenvalue weighted by Crippen LogP contribution is -2.45. The van der Waals surface area contributed by atoms with Gasteiger partial charge in [-0.05, 0) is 61.4 Å². The summed E-state index contributed by atoms with van der Waals surface area (Å²) in [6.07, 6.45) is 0.656. The molecule has 0 fully saturated rings. The van der Waals surface area contributed by atoms with Crippen LogP contribution in [0, 0.1) is 12.7 Å². The van der Waals surface area contributed by atoms with Gasteiger partial charge in [0.25, 0.3) is 5.91 Å². The summed E-state index contributed by atoms with van der Waals surface area (Å²) in [6.45, 7) is 4.07. The minimum Gasteiger partial charge on any atom is -0.481 e. The third kappa shape index (κ3) is 3.48. The number of ether oxygens (including phenoxy) is 1. The number of aromatic nitrogens is 1. The summed E-state index contributed by atoms with van der Waals surface area (Å²) in [5, 5.41) is 0.475. The molecular formula is C23H21ClFN3O2. The van der Waals surface area contributed by atoms with Crippen molar-refractivity contribution >= 4 is 34.6 Å². The average Bonchev–Trinajstić information content (AvgIpc) is 2.74. The zero-order chi connectivity index (χ0) is 21.4. The summed E-state index contributed by atoms with van der Waals surface area (Å²) in [5.74, 6) is 0.0267. The minimum atomic E-state index is -0.285. The van der Waals surface area contributed by atoms with Crippen molar-refractivity contribution in [3.05, 3.63) is 76.2 Å². The molecule has 0 saturated heterocycles. The Hall–Kier alpha value is -3.12. The van der Waals surface area contributed by atoms with Crippen LogP contribution in [-0.4, -0.2) is 24.7 Å². The number of halogens is 2. The maximum atomic E-state index is 13.9. The highest BCUT2D eigenvalue weighted by Crippen LogP contribution is 2.39. The first-order valence-electron chi connectivity index (χ1n) is 9.62. The standard InChI is InChI=1S/C23H21ClFN3O2/c1-4-15-11-17(25)6-8-20(15)27-13-28(19-9-10-22(30-3)26-14(19)2)23(29)18-12-16(24)5-7-21(18)27/h5-12H,4,13H2,1-3H3. The summed E-state index contributed by atoms with van der Waals surface area (Å²) in [6, 6.07) is 13.5. The first-order chi connectivity index (χ1) is 14.4. The summed E-state index contributed by atoms with van der Waals surface area (Å²) in [4.78, 5) is 21.5. The molecule has 2 heterocycles. The van der Waals surface area contributed by atoms with E-state index in [1.807, 2.05) is 30.9 Å². The van der Waals surface area contributed by atoms with Crippen molar-refractivity contribution < 1.29 is 13.9 Å². The third-order valence-electron chi connectivity index (χ3n) is 5.25. The van der Waals surface area contributed by atoms with Crippen LogP contribution in [0.2, 0.25) is 5.02 Å². The minimum absolute atomic E-state index is 0.168. The molecule has 0 radical (unpaired) electrons.